The zero-order valence-corrected chi connectivity index (χ0v) is 25.6. The monoisotopic (exact) mass is 622 g/mol. The molecular weight excluding hydrogens is 588 g/mol. The van der Waals surface area contributed by atoms with Crippen molar-refractivity contribution in [2.75, 3.05) is 11.9 Å². The first-order chi connectivity index (χ1) is 20.5. The second-order valence-electron chi connectivity index (χ2n) is 12.1. The summed E-state index contributed by atoms with van der Waals surface area (Å²) in [5, 5.41) is 23.8. The normalized spacial score (nSPS) is 15.0. The number of hydrogen-bond acceptors (Lipinski definition) is 9. The molecule has 0 aromatic heterocycles. The fourth-order valence-electron chi connectivity index (χ4n) is 5.49. The number of fused-ring (bicyclic) bond motifs is 6. The number of carbonyl (C=O) groups excluding carboxylic acids is 2. The summed E-state index contributed by atoms with van der Waals surface area (Å²) in [7, 11) is -3.61. The van der Waals surface area contributed by atoms with Gasteiger partial charge in [-0.25, -0.2) is 17.9 Å². The molecule has 0 radical (unpaired) electrons. The number of esters is 1. The summed E-state index contributed by atoms with van der Waals surface area (Å²) >= 11 is 0. The third-order valence-corrected chi connectivity index (χ3v) is 8.78. The van der Waals surface area contributed by atoms with Gasteiger partial charge in [0.2, 0.25) is 15.9 Å². The predicted octanol–water partition coefficient (Wildman–Crippen LogP) is 5.02. The minimum Gasteiger partial charge on any atom is -0.508 e. The molecule has 2 aliphatic rings. The highest BCUT2D eigenvalue weighted by Crippen LogP contribution is 2.57. The molecule has 5 rings (SSSR count). The molecule has 0 bridgehead atoms. The summed E-state index contributed by atoms with van der Waals surface area (Å²) in [6.07, 6.45) is 0.346. The number of amides is 1. The lowest BCUT2D eigenvalue weighted by molar-refractivity contribution is -0.122. The number of benzene rings is 3. The number of aromatic hydroxyl groups is 2. The number of anilines is 1. The Morgan fingerprint density at radius 2 is 1.57 bits per heavy atom. The molecule has 3 aromatic rings. The molecule has 12 heteroatoms. The standard InChI is InChI=1S/C32H34N2O9S/c1-6-44(39,40)34-30(2,3)13-14-41-31(4,5)18-28(37)33-19-7-10-23-22(15-19)29(38)43-32(23)24-11-8-20(35)16-26(24)42-27-17-21(36)9-12-25(27)32/h6-12,15-17,34-36H,1,13-14,18H2,2-5H3,(H,33,37). The minimum absolute atomic E-state index is 0.0115. The SMILES string of the molecule is C=CS(=O)(=O)NC(C)(C)CCOC(C)(C)CC(=O)Nc1ccc2c(c1)C(=O)OC21c2ccc(O)cc2Oc2cc(O)ccc21. The Morgan fingerprint density at radius 1 is 0.977 bits per heavy atom. The first-order valence-electron chi connectivity index (χ1n) is 13.9. The van der Waals surface area contributed by atoms with Crippen LogP contribution in [0.15, 0.2) is 66.6 Å². The average molecular weight is 623 g/mol. The number of rotatable bonds is 10. The molecule has 3 aromatic carbocycles. The van der Waals surface area contributed by atoms with Crippen molar-refractivity contribution < 1.29 is 42.4 Å². The second kappa shape index (κ2) is 11.0. The van der Waals surface area contributed by atoms with Crippen LogP contribution in [0.5, 0.6) is 23.0 Å². The minimum atomic E-state index is -3.61. The first-order valence-corrected chi connectivity index (χ1v) is 15.4. The summed E-state index contributed by atoms with van der Waals surface area (Å²) in [5.74, 6) is -0.518. The highest BCUT2D eigenvalue weighted by Gasteiger charge is 2.53. The van der Waals surface area contributed by atoms with Crippen molar-refractivity contribution in [3.63, 3.8) is 0 Å². The number of carbonyl (C=O) groups is 2. The van der Waals surface area contributed by atoms with Gasteiger partial charge in [-0.05, 0) is 70.5 Å². The number of nitrogens with one attached hydrogen (secondary N) is 2. The molecule has 1 amide bonds. The van der Waals surface area contributed by atoms with E-state index in [1.165, 1.54) is 24.3 Å². The largest absolute Gasteiger partial charge is 0.508 e. The summed E-state index contributed by atoms with van der Waals surface area (Å²) in [4.78, 5) is 26.3. The van der Waals surface area contributed by atoms with Gasteiger partial charge in [0.05, 0.1) is 17.6 Å². The van der Waals surface area contributed by atoms with E-state index in [0.717, 1.165) is 5.41 Å². The van der Waals surface area contributed by atoms with E-state index in [1.807, 2.05) is 0 Å². The van der Waals surface area contributed by atoms with Gasteiger partial charge in [-0.2, -0.15) is 0 Å². The molecule has 232 valence electrons. The van der Waals surface area contributed by atoms with Gasteiger partial charge in [0.15, 0.2) is 5.60 Å². The second-order valence-corrected chi connectivity index (χ2v) is 13.7. The van der Waals surface area contributed by atoms with Crippen molar-refractivity contribution in [1.82, 2.24) is 4.72 Å². The number of phenols is 2. The molecule has 2 heterocycles. The average Bonchev–Trinajstić information content (AvgIpc) is 3.19. The van der Waals surface area contributed by atoms with Crippen molar-refractivity contribution in [2.24, 2.45) is 0 Å². The van der Waals surface area contributed by atoms with Crippen molar-refractivity contribution in [2.45, 2.75) is 57.3 Å². The Morgan fingerprint density at radius 3 is 2.16 bits per heavy atom. The molecule has 0 saturated heterocycles. The molecule has 11 nitrogen and oxygen atoms in total. The van der Waals surface area contributed by atoms with E-state index < -0.39 is 32.7 Å². The van der Waals surface area contributed by atoms with Gasteiger partial charge < -0.3 is 29.7 Å². The van der Waals surface area contributed by atoms with Crippen LogP contribution in [0.25, 0.3) is 0 Å². The van der Waals surface area contributed by atoms with E-state index in [4.69, 9.17) is 14.2 Å². The lowest BCUT2D eigenvalue weighted by atomic mass is 9.77. The number of sulfonamides is 1. The Labute approximate surface area is 255 Å². The van der Waals surface area contributed by atoms with Gasteiger partial charge in [-0.15, -0.1) is 0 Å². The van der Waals surface area contributed by atoms with Crippen molar-refractivity contribution in [3.8, 4) is 23.0 Å². The van der Waals surface area contributed by atoms with Crippen LogP contribution in [0.2, 0.25) is 0 Å². The summed E-state index contributed by atoms with van der Waals surface area (Å²) < 4.78 is 44.2. The first kappa shape index (κ1) is 31.0. The number of hydrogen-bond donors (Lipinski definition) is 4. The maximum Gasteiger partial charge on any atom is 0.340 e. The maximum absolute atomic E-state index is 13.3. The van der Waals surface area contributed by atoms with E-state index in [1.54, 1.807) is 58.0 Å². The summed E-state index contributed by atoms with van der Waals surface area (Å²) in [6.45, 7) is 10.5. The quantitative estimate of drug-likeness (QED) is 0.228. The van der Waals surface area contributed by atoms with E-state index in [2.05, 4.69) is 16.6 Å². The highest BCUT2D eigenvalue weighted by atomic mass is 32.2. The lowest BCUT2D eigenvalue weighted by Gasteiger charge is -2.36. The lowest BCUT2D eigenvalue weighted by Crippen LogP contribution is -2.44. The molecule has 0 aliphatic carbocycles. The zero-order valence-electron chi connectivity index (χ0n) is 24.8. The van der Waals surface area contributed by atoms with E-state index in [9.17, 15) is 28.2 Å². The molecule has 44 heavy (non-hydrogen) atoms. The van der Waals surface area contributed by atoms with Gasteiger partial charge in [-0.1, -0.05) is 12.6 Å². The van der Waals surface area contributed by atoms with E-state index >= 15 is 0 Å². The van der Waals surface area contributed by atoms with Gasteiger partial charge in [0.25, 0.3) is 0 Å². The molecule has 0 unspecified atom stereocenters. The van der Waals surface area contributed by atoms with E-state index in [-0.39, 0.29) is 47.5 Å². The molecule has 1 spiro atoms. The topological polar surface area (TPSA) is 160 Å². The molecular formula is C32H34N2O9S. The number of ether oxygens (including phenoxy) is 3. The third kappa shape index (κ3) is 6.01. The van der Waals surface area contributed by atoms with Crippen molar-refractivity contribution in [1.29, 1.82) is 0 Å². The Kier molecular flexibility index (Phi) is 7.73. The summed E-state index contributed by atoms with van der Waals surface area (Å²) in [5.41, 5.74) is -0.931. The van der Waals surface area contributed by atoms with E-state index in [0.29, 0.717) is 28.8 Å². The smallest absolute Gasteiger partial charge is 0.340 e. The van der Waals surface area contributed by atoms with Crippen molar-refractivity contribution in [3.05, 3.63) is 88.8 Å². The number of phenolic OH excluding ortho intramolecular Hbond substituents is 2. The third-order valence-electron chi connectivity index (χ3n) is 7.50. The maximum atomic E-state index is 13.3. The molecule has 2 aliphatic heterocycles. The zero-order chi connectivity index (χ0) is 32.1. The van der Waals surface area contributed by atoms with Gasteiger partial charge in [0, 0.05) is 52.1 Å². The van der Waals surface area contributed by atoms with Crippen LogP contribution in [0.3, 0.4) is 0 Å². The van der Waals surface area contributed by atoms with Crippen LogP contribution in [-0.4, -0.2) is 48.3 Å². The fraction of sp³-hybridized carbons (Fsp3) is 0.312. The van der Waals surface area contributed by atoms with Crippen LogP contribution in [0, 0.1) is 0 Å². The van der Waals surface area contributed by atoms with Crippen LogP contribution in [0.4, 0.5) is 5.69 Å². The Balaban J connectivity index is 1.34. The predicted molar refractivity (Wildman–Crippen MR) is 162 cm³/mol. The molecule has 4 N–H and O–H groups in total. The Bertz CT molecular complexity index is 1730. The Hall–Kier alpha value is -4.39. The van der Waals surface area contributed by atoms with Crippen LogP contribution < -0.4 is 14.8 Å². The molecule has 0 saturated carbocycles. The van der Waals surface area contributed by atoms with Crippen LogP contribution in [0.1, 0.15) is 67.6 Å². The van der Waals surface area contributed by atoms with Gasteiger partial charge >= 0.3 is 5.97 Å². The van der Waals surface area contributed by atoms with Gasteiger partial charge in [0.1, 0.15) is 23.0 Å². The molecule has 0 fully saturated rings. The van der Waals surface area contributed by atoms with Crippen LogP contribution >= 0.6 is 0 Å². The molecule has 0 atom stereocenters. The summed E-state index contributed by atoms with van der Waals surface area (Å²) in [6, 6.07) is 13.9. The van der Waals surface area contributed by atoms with Crippen molar-refractivity contribution >= 4 is 27.6 Å². The fourth-order valence-corrected chi connectivity index (χ4v) is 6.44. The van der Waals surface area contributed by atoms with Gasteiger partial charge in [-0.3, -0.25) is 4.79 Å². The van der Waals surface area contributed by atoms with Crippen LogP contribution in [-0.2, 0) is 29.9 Å². The highest BCUT2D eigenvalue weighted by molar-refractivity contribution is 7.92.